The Bertz CT molecular complexity index is 802. The van der Waals surface area contributed by atoms with Crippen LogP contribution < -0.4 is 5.32 Å². The highest BCUT2D eigenvalue weighted by Crippen LogP contribution is 2.34. The van der Waals surface area contributed by atoms with Gasteiger partial charge in [0.1, 0.15) is 0 Å². The van der Waals surface area contributed by atoms with Gasteiger partial charge in [-0.05, 0) is 61.6 Å². The van der Waals surface area contributed by atoms with Gasteiger partial charge in [-0.3, -0.25) is 4.79 Å². The average Bonchev–Trinajstić information content (AvgIpc) is 2.97. The number of halogens is 1. The third-order valence-electron chi connectivity index (χ3n) is 4.52. The van der Waals surface area contributed by atoms with Gasteiger partial charge < -0.3 is 10.3 Å². The number of carbonyl (C=O) groups excluding carboxylic acids is 1. The number of carbonyl (C=O) groups is 1. The van der Waals surface area contributed by atoms with E-state index in [0.29, 0.717) is 11.5 Å². The summed E-state index contributed by atoms with van der Waals surface area (Å²) in [6, 6.07) is 6.04. The zero-order valence-corrected chi connectivity index (χ0v) is 14.5. The van der Waals surface area contributed by atoms with Crippen molar-refractivity contribution in [1.82, 2.24) is 4.98 Å². The molecule has 3 rings (SSSR count). The highest BCUT2D eigenvalue weighted by molar-refractivity contribution is 6.34. The molecule has 0 unspecified atom stereocenters. The second-order valence-electron chi connectivity index (χ2n) is 5.95. The zero-order valence-electron chi connectivity index (χ0n) is 13.7. The Balaban J connectivity index is 2.07. The van der Waals surface area contributed by atoms with E-state index >= 15 is 0 Å². The fourth-order valence-electron chi connectivity index (χ4n) is 3.28. The molecule has 120 valence electrons. The lowest BCUT2D eigenvalue weighted by atomic mass is 10.0. The predicted octanol–water partition coefficient (Wildman–Crippen LogP) is 4.47. The van der Waals surface area contributed by atoms with E-state index in [0.717, 1.165) is 35.3 Å². The van der Waals surface area contributed by atoms with Gasteiger partial charge in [-0.2, -0.15) is 0 Å². The zero-order chi connectivity index (χ0) is 16.6. The van der Waals surface area contributed by atoms with E-state index in [2.05, 4.69) is 37.1 Å². The number of rotatable bonds is 4. The number of hydrogen-bond acceptors (Lipinski definition) is 1. The van der Waals surface area contributed by atoms with Crippen molar-refractivity contribution in [3.63, 3.8) is 0 Å². The monoisotopic (exact) mass is 328 g/mol. The molecule has 0 radical (unpaired) electrons. The summed E-state index contributed by atoms with van der Waals surface area (Å²) in [4.78, 5) is 15.8. The van der Waals surface area contributed by atoms with Crippen LogP contribution >= 0.6 is 11.6 Å². The summed E-state index contributed by atoms with van der Waals surface area (Å²) in [7, 11) is 0. The van der Waals surface area contributed by atoms with Gasteiger partial charge in [0, 0.05) is 28.5 Å². The number of anilines is 1. The number of hydrogen-bond donors (Lipinski definition) is 2. The van der Waals surface area contributed by atoms with Crippen molar-refractivity contribution in [1.29, 1.82) is 0 Å². The normalized spacial score (nSPS) is 15.1. The standard InChI is InChI=1S/C19H21ClN2O/c1-4-14-11(2)18(21-12(14)3)10-16-15-9-13(7-8-20)5-6-17(15)22-19(16)23/h5-6,9-10,21H,4,7-8H2,1-3H3,(H,22,23). The Morgan fingerprint density at radius 3 is 2.70 bits per heavy atom. The predicted molar refractivity (Wildman–Crippen MR) is 97.0 cm³/mol. The smallest absolute Gasteiger partial charge is 0.256 e. The summed E-state index contributed by atoms with van der Waals surface area (Å²) in [5.74, 6) is 0.529. The van der Waals surface area contributed by atoms with Crippen LogP contribution in [0.4, 0.5) is 5.69 Å². The number of amides is 1. The van der Waals surface area contributed by atoms with Gasteiger partial charge >= 0.3 is 0 Å². The Kier molecular flexibility index (Phi) is 4.31. The molecule has 23 heavy (non-hydrogen) atoms. The molecule has 1 amide bonds. The fraction of sp³-hybridized carbons (Fsp3) is 0.316. The third kappa shape index (κ3) is 2.81. The van der Waals surface area contributed by atoms with Crippen LogP contribution in [0.1, 0.15) is 40.6 Å². The number of nitrogens with one attached hydrogen (secondary N) is 2. The van der Waals surface area contributed by atoms with Gasteiger partial charge in [-0.1, -0.05) is 13.0 Å². The molecule has 2 N–H and O–H groups in total. The van der Waals surface area contributed by atoms with Crippen molar-refractivity contribution >= 4 is 34.8 Å². The molecule has 2 heterocycles. The molecule has 0 atom stereocenters. The van der Waals surface area contributed by atoms with Gasteiger partial charge in [0.15, 0.2) is 0 Å². The second-order valence-corrected chi connectivity index (χ2v) is 6.33. The maximum atomic E-state index is 12.4. The number of aromatic nitrogens is 1. The lowest BCUT2D eigenvalue weighted by molar-refractivity contribution is -0.110. The number of benzene rings is 1. The Labute approximate surface area is 141 Å². The number of aryl methyl sites for hydroxylation is 2. The van der Waals surface area contributed by atoms with Crippen LogP contribution in [0.3, 0.4) is 0 Å². The van der Waals surface area contributed by atoms with Crippen molar-refractivity contribution < 1.29 is 4.79 Å². The minimum absolute atomic E-state index is 0.0484. The molecule has 0 bridgehead atoms. The summed E-state index contributed by atoms with van der Waals surface area (Å²) >= 11 is 5.84. The van der Waals surface area contributed by atoms with E-state index in [-0.39, 0.29) is 5.91 Å². The van der Waals surface area contributed by atoms with E-state index in [1.54, 1.807) is 0 Å². The van der Waals surface area contributed by atoms with Crippen molar-refractivity contribution in [2.24, 2.45) is 0 Å². The first-order valence-electron chi connectivity index (χ1n) is 7.95. The maximum absolute atomic E-state index is 12.4. The average molecular weight is 329 g/mol. The first-order chi connectivity index (χ1) is 11.0. The Morgan fingerprint density at radius 1 is 1.26 bits per heavy atom. The minimum Gasteiger partial charge on any atom is -0.359 e. The van der Waals surface area contributed by atoms with Crippen LogP contribution in [0, 0.1) is 13.8 Å². The van der Waals surface area contributed by atoms with Gasteiger partial charge in [0.2, 0.25) is 0 Å². The van der Waals surface area contributed by atoms with Gasteiger partial charge in [-0.15, -0.1) is 11.6 Å². The van der Waals surface area contributed by atoms with Crippen LogP contribution in [0.25, 0.3) is 11.6 Å². The topological polar surface area (TPSA) is 44.9 Å². The van der Waals surface area contributed by atoms with E-state index in [1.807, 2.05) is 18.2 Å². The summed E-state index contributed by atoms with van der Waals surface area (Å²) < 4.78 is 0. The number of alkyl halides is 1. The number of aromatic amines is 1. The van der Waals surface area contributed by atoms with Crippen LogP contribution in [0.15, 0.2) is 18.2 Å². The van der Waals surface area contributed by atoms with E-state index < -0.39 is 0 Å². The minimum atomic E-state index is -0.0484. The van der Waals surface area contributed by atoms with Crippen molar-refractivity contribution in [3.05, 3.63) is 51.8 Å². The number of fused-ring (bicyclic) bond motifs is 1. The fourth-order valence-corrected chi connectivity index (χ4v) is 3.50. The highest BCUT2D eigenvalue weighted by Gasteiger charge is 2.25. The molecule has 0 spiro atoms. The quantitative estimate of drug-likeness (QED) is 0.631. The van der Waals surface area contributed by atoms with Crippen molar-refractivity contribution in [3.8, 4) is 0 Å². The molecule has 1 aromatic carbocycles. The van der Waals surface area contributed by atoms with Crippen LogP contribution in [0.2, 0.25) is 0 Å². The lowest BCUT2D eigenvalue weighted by Crippen LogP contribution is -2.03. The maximum Gasteiger partial charge on any atom is 0.256 e. The third-order valence-corrected chi connectivity index (χ3v) is 4.71. The van der Waals surface area contributed by atoms with Crippen LogP contribution in [0.5, 0.6) is 0 Å². The molecular weight excluding hydrogens is 308 g/mol. The molecule has 1 aliphatic rings. The molecule has 0 fully saturated rings. The molecule has 3 nitrogen and oxygen atoms in total. The van der Waals surface area contributed by atoms with Crippen LogP contribution in [-0.2, 0) is 17.6 Å². The van der Waals surface area contributed by atoms with Crippen molar-refractivity contribution in [2.45, 2.75) is 33.6 Å². The molecule has 2 aromatic rings. The first kappa shape index (κ1) is 15.9. The summed E-state index contributed by atoms with van der Waals surface area (Å²) in [5.41, 5.74) is 8.42. The number of H-pyrrole nitrogens is 1. The summed E-state index contributed by atoms with van der Waals surface area (Å²) in [6.45, 7) is 6.33. The Morgan fingerprint density at radius 2 is 2.04 bits per heavy atom. The molecular formula is C19H21ClN2O. The van der Waals surface area contributed by atoms with E-state index in [9.17, 15) is 4.79 Å². The van der Waals surface area contributed by atoms with E-state index in [1.165, 1.54) is 16.8 Å². The molecule has 0 saturated heterocycles. The van der Waals surface area contributed by atoms with Gasteiger partial charge in [0.05, 0.1) is 5.57 Å². The Hall–Kier alpha value is -2.00. The molecule has 1 aromatic heterocycles. The molecule has 0 saturated carbocycles. The first-order valence-corrected chi connectivity index (χ1v) is 8.49. The molecule has 0 aliphatic carbocycles. The summed E-state index contributed by atoms with van der Waals surface area (Å²) in [6.07, 6.45) is 3.75. The van der Waals surface area contributed by atoms with E-state index in [4.69, 9.17) is 11.6 Å². The van der Waals surface area contributed by atoms with Crippen LogP contribution in [-0.4, -0.2) is 16.8 Å². The van der Waals surface area contributed by atoms with Crippen molar-refractivity contribution in [2.75, 3.05) is 11.2 Å². The SMILES string of the molecule is CCc1c(C)[nH]c(C=C2C(=O)Nc3ccc(CCCl)cc32)c1C. The van der Waals surface area contributed by atoms with Gasteiger partial charge in [0.25, 0.3) is 5.91 Å². The molecule has 4 heteroatoms. The second kappa shape index (κ2) is 6.25. The van der Waals surface area contributed by atoms with Gasteiger partial charge in [-0.25, -0.2) is 0 Å². The summed E-state index contributed by atoms with van der Waals surface area (Å²) in [5, 5.41) is 2.94. The highest BCUT2D eigenvalue weighted by atomic mass is 35.5. The lowest BCUT2D eigenvalue weighted by Gasteiger charge is -2.03. The molecule has 1 aliphatic heterocycles. The largest absolute Gasteiger partial charge is 0.359 e.